The molecule has 0 bridgehead atoms. The molecule has 1 N–H and O–H groups in total. The number of carbonyl (C=O) groups excluding carboxylic acids is 2. The first kappa shape index (κ1) is 16.9. The Kier molecular flexibility index (Phi) is 7.15. The number of carbonyl (C=O) groups is 2. The maximum atomic E-state index is 12.7. The average Bonchev–Trinajstić information content (AvgIpc) is 2.45. The Balaban J connectivity index is 2.26. The lowest BCUT2D eigenvalue weighted by molar-refractivity contribution is -0.129. The highest BCUT2D eigenvalue weighted by atomic mass is 19.1. The van der Waals surface area contributed by atoms with Gasteiger partial charge in [0.15, 0.2) is 0 Å². The Morgan fingerprint density at radius 2 is 2.00 bits per heavy atom. The molecule has 0 saturated carbocycles. The zero-order valence-corrected chi connectivity index (χ0v) is 12.3. The van der Waals surface area contributed by atoms with Gasteiger partial charge in [-0.15, -0.1) is 6.58 Å². The van der Waals surface area contributed by atoms with Gasteiger partial charge in [0.05, 0.1) is 0 Å². The van der Waals surface area contributed by atoms with Crippen LogP contribution in [0.2, 0.25) is 0 Å². The van der Waals surface area contributed by atoms with Crippen molar-refractivity contribution in [1.29, 1.82) is 0 Å². The fraction of sp³-hybridized carbons (Fsp3) is 0.375. The summed E-state index contributed by atoms with van der Waals surface area (Å²) in [7, 11) is 0. The van der Waals surface area contributed by atoms with Gasteiger partial charge in [-0.25, -0.2) is 4.39 Å². The van der Waals surface area contributed by atoms with E-state index >= 15 is 0 Å². The first-order valence-corrected chi connectivity index (χ1v) is 6.90. The molecule has 0 aliphatic rings. The molecular weight excluding hydrogens is 271 g/mol. The Morgan fingerprint density at radius 3 is 2.57 bits per heavy atom. The number of rotatable bonds is 8. The van der Waals surface area contributed by atoms with Crippen LogP contribution in [0.1, 0.15) is 18.9 Å². The molecule has 0 atom stereocenters. The minimum Gasteiger partial charge on any atom is -0.356 e. The molecule has 1 rings (SSSR count). The van der Waals surface area contributed by atoms with Crippen LogP contribution in [0.25, 0.3) is 0 Å². The fourth-order valence-electron chi connectivity index (χ4n) is 1.86. The van der Waals surface area contributed by atoms with E-state index in [0.29, 0.717) is 26.1 Å². The normalized spacial score (nSPS) is 10.0. The van der Waals surface area contributed by atoms with Crippen LogP contribution in [0.4, 0.5) is 4.39 Å². The van der Waals surface area contributed by atoms with Crippen molar-refractivity contribution in [2.24, 2.45) is 0 Å². The third-order valence-electron chi connectivity index (χ3n) is 3.05. The lowest BCUT2D eigenvalue weighted by atomic mass is 10.1. The highest BCUT2D eigenvalue weighted by molar-refractivity contribution is 5.78. The largest absolute Gasteiger partial charge is 0.356 e. The van der Waals surface area contributed by atoms with E-state index < -0.39 is 0 Å². The minimum atomic E-state index is -0.269. The lowest BCUT2D eigenvalue weighted by Gasteiger charge is -2.18. The van der Waals surface area contributed by atoms with Gasteiger partial charge in [0.25, 0.3) is 0 Å². The molecular formula is C16H21FN2O2. The summed E-state index contributed by atoms with van der Waals surface area (Å²) in [6, 6.07) is 6.19. The molecule has 0 heterocycles. The third-order valence-corrected chi connectivity index (χ3v) is 3.05. The summed E-state index contributed by atoms with van der Waals surface area (Å²) >= 11 is 0. The number of nitrogens with zero attached hydrogens (tertiary/aromatic N) is 1. The van der Waals surface area contributed by atoms with Gasteiger partial charge in [-0.2, -0.15) is 0 Å². The van der Waals surface area contributed by atoms with Crippen molar-refractivity contribution < 1.29 is 14.0 Å². The molecule has 1 aromatic rings. The van der Waals surface area contributed by atoms with Crippen molar-refractivity contribution in [3.63, 3.8) is 0 Å². The molecule has 0 unspecified atom stereocenters. The van der Waals surface area contributed by atoms with Crippen LogP contribution >= 0.6 is 0 Å². The SMILES string of the molecule is C=CCN(CCC(=O)NCCc1ccc(F)cc1)C(C)=O. The van der Waals surface area contributed by atoms with Crippen molar-refractivity contribution in [2.75, 3.05) is 19.6 Å². The molecule has 5 heteroatoms. The highest BCUT2D eigenvalue weighted by Gasteiger charge is 2.09. The Morgan fingerprint density at radius 1 is 1.33 bits per heavy atom. The molecule has 2 amide bonds. The second-order valence-electron chi connectivity index (χ2n) is 4.73. The van der Waals surface area contributed by atoms with E-state index in [0.717, 1.165) is 5.56 Å². The average molecular weight is 292 g/mol. The predicted molar refractivity (Wildman–Crippen MR) is 80.2 cm³/mol. The maximum absolute atomic E-state index is 12.7. The van der Waals surface area contributed by atoms with Crippen LogP contribution in [0.15, 0.2) is 36.9 Å². The van der Waals surface area contributed by atoms with Crippen molar-refractivity contribution in [2.45, 2.75) is 19.8 Å². The van der Waals surface area contributed by atoms with Gasteiger partial charge in [0.2, 0.25) is 11.8 Å². The van der Waals surface area contributed by atoms with Gasteiger partial charge in [0.1, 0.15) is 5.82 Å². The van der Waals surface area contributed by atoms with Gasteiger partial charge in [0, 0.05) is 33.0 Å². The summed E-state index contributed by atoms with van der Waals surface area (Å²) < 4.78 is 12.7. The topological polar surface area (TPSA) is 49.4 Å². The van der Waals surface area contributed by atoms with Crippen molar-refractivity contribution >= 4 is 11.8 Å². The van der Waals surface area contributed by atoms with E-state index in [9.17, 15) is 14.0 Å². The van der Waals surface area contributed by atoms with Crippen LogP contribution < -0.4 is 5.32 Å². The zero-order chi connectivity index (χ0) is 15.7. The molecule has 0 spiro atoms. The van der Waals surface area contributed by atoms with Crippen LogP contribution in [-0.2, 0) is 16.0 Å². The molecule has 21 heavy (non-hydrogen) atoms. The van der Waals surface area contributed by atoms with Gasteiger partial charge in [-0.3, -0.25) is 9.59 Å². The Bertz CT molecular complexity index is 486. The Hall–Kier alpha value is -2.17. The van der Waals surface area contributed by atoms with Crippen molar-refractivity contribution in [3.8, 4) is 0 Å². The zero-order valence-electron chi connectivity index (χ0n) is 12.3. The first-order valence-electron chi connectivity index (χ1n) is 6.90. The first-order chi connectivity index (χ1) is 10.0. The molecule has 1 aromatic carbocycles. The van der Waals surface area contributed by atoms with E-state index in [-0.39, 0.29) is 24.1 Å². The summed E-state index contributed by atoms with van der Waals surface area (Å²) in [4.78, 5) is 24.5. The molecule has 0 aromatic heterocycles. The van der Waals surface area contributed by atoms with Crippen molar-refractivity contribution in [1.82, 2.24) is 10.2 Å². The van der Waals surface area contributed by atoms with Crippen LogP contribution in [0.3, 0.4) is 0 Å². The number of halogens is 1. The molecule has 0 aliphatic carbocycles. The maximum Gasteiger partial charge on any atom is 0.221 e. The summed E-state index contributed by atoms with van der Waals surface area (Å²) in [6.07, 6.45) is 2.54. The van der Waals surface area contributed by atoms with Gasteiger partial charge < -0.3 is 10.2 Å². The summed E-state index contributed by atoms with van der Waals surface area (Å²) in [5.41, 5.74) is 0.966. The standard InChI is InChI=1S/C16H21FN2O2/c1-3-11-19(13(2)20)12-9-16(21)18-10-8-14-4-6-15(17)7-5-14/h3-7H,1,8-12H2,2H3,(H,18,21). The van der Waals surface area contributed by atoms with Crippen LogP contribution in [0, 0.1) is 5.82 Å². The second-order valence-corrected chi connectivity index (χ2v) is 4.73. The summed E-state index contributed by atoms with van der Waals surface area (Å²) in [6.45, 7) is 6.36. The Labute approximate surface area is 124 Å². The van der Waals surface area contributed by atoms with E-state index in [1.54, 1.807) is 23.1 Å². The van der Waals surface area contributed by atoms with E-state index in [1.165, 1.54) is 19.1 Å². The van der Waals surface area contributed by atoms with Crippen molar-refractivity contribution in [3.05, 3.63) is 48.3 Å². The molecule has 0 aliphatic heterocycles. The van der Waals surface area contributed by atoms with Gasteiger partial charge in [-0.05, 0) is 24.1 Å². The van der Waals surface area contributed by atoms with E-state index in [1.807, 2.05) is 0 Å². The van der Waals surface area contributed by atoms with Gasteiger partial charge in [-0.1, -0.05) is 18.2 Å². The minimum absolute atomic E-state index is 0.0750. The number of hydrogen-bond donors (Lipinski definition) is 1. The summed E-state index contributed by atoms with van der Waals surface area (Å²) in [5, 5.41) is 2.79. The molecule has 0 saturated heterocycles. The molecule has 114 valence electrons. The van der Waals surface area contributed by atoms with E-state index in [2.05, 4.69) is 11.9 Å². The highest BCUT2D eigenvalue weighted by Crippen LogP contribution is 2.02. The molecule has 4 nitrogen and oxygen atoms in total. The monoisotopic (exact) mass is 292 g/mol. The quantitative estimate of drug-likeness (QED) is 0.744. The lowest BCUT2D eigenvalue weighted by Crippen LogP contribution is -2.34. The van der Waals surface area contributed by atoms with Crippen LogP contribution in [-0.4, -0.2) is 36.3 Å². The number of amides is 2. The number of benzene rings is 1. The van der Waals surface area contributed by atoms with Gasteiger partial charge >= 0.3 is 0 Å². The van der Waals surface area contributed by atoms with E-state index in [4.69, 9.17) is 0 Å². The number of hydrogen-bond acceptors (Lipinski definition) is 2. The van der Waals surface area contributed by atoms with Crippen LogP contribution in [0.5, 0.6) is 0 Å². The molecule has 0 radical (unpaired) electrons. The fourth-order valence-corrected chi connectivity index (χ4v) is 1.86. The third kappa shape index (κ3) is 6.70. The molecule has 0 fully saturated rings. The summed E-state index contributed by atoms with van der Waals surface area (Å²) in [5.74, 6) is -0.448. The number of nitrogens with one attached hydrogen (secondary N) is 1. The smallest absolute Gasteiger partial charge is 0.221 e. The predicted octanol–water partition coefficient (Wildman–Crippen LogP) is 1.91. The second kappa shape index (κ2) is 8.89.